The van der Waals surface area contributed by atoms with Gasteiger partial charge in [-0.05, 0) is 76.6 Å². The van der Waals surface area contributed by atoms with Crippen molar-refractivity contribution in [2.24, 2.45) is 5.41 Å². The van der Waals surface area contributed by atoms with E-state index in [0.717, 1.165) is 42.7 Å². The lowest BCUT2D eigenvalue weighted by Gasteiger charge is -2.33. The fourth-order valence-corrected chi connectivity index (χ4v) is 7.60. The quantitative estimate of drug-likeness (QED) is 0.246. The molecule has 0 unspecified atom stereocenters. The first-order chi connectivity index (χ1) is 22.2. The number of piperidine rings is 1. The lowest BCUT2D eigenvalue weighted by molar-refractivity contribution is -0.149. The summed E-state index contributed by atoms with van der Waals surface area (Å²) in [5.41, 5.74) is 1.76. The highest BCUT2D eigenvalue weighted by Gasteiger charge is 2.48. The first-order valence-electron chi connectivity index (χ1n) is 15.7. The van der Waals surface area contributed by atoms with Gasteiger partial charge in [-0.15, -0.1) is 0 Å². The smallest absolute Gasteiger partial charge is 0.412 e. The average Bonchev–Trinajstić information content (AvgIpc) is 3.75. The van der Waals surface area contributed by atoms with Crippen LogP contribution in [0.2, 0.25) is 0 Å². The molecule has 12 nitrogen and oxygen atoms in total. The SMILES string of the molecule is COC(=O)C(C)(C)CS(=O)(=O)C(=O)NC1(c2ccc(N3CCC(c4onc(C)c4NC(=O)O[C@H](C)c4ccccc4)CC3)cc2)CC1. The molecule has 1 aliphatic heterocycles. The van der Waals surface area contributed by atoms with Gasteiger partial charge in [-0.25, -0.2) is 13.2 Å². The molecule has 2 fully saturated rings. The molecular weight excluding hydrogens is 624 g/mol. The van der Waals surface area contributed by atoms with Gasteiger partial charge in [0, 0.05) is 24.7 Å². The van der Waals surface area contributed by atoms with E-state index >= 15 is 0 Å². The van der Waals surface area contributed by atoms with Gasteiger partial charge < -0.3 is 24.2 Å². The van der Waals surface area contributed by atoms with Gasteiger partial charge >= 0.3 is 17.3 Å². The van der Waals surface area contributed by atoms with Gasteiger partial charge in [-0.2, -0.15) is 0 Å². The van der Waals surface area contributed by atoms with Crippen molar-refractivity contribution >= 4 is 38.5 Å². The minimum Gasteiger partial charge on any atom is -0.469 e. The van der Waals surface area contributed by atoms with E-state index in [1.54, 1.807) is 6.92 Å². The summed E-state index contributed by atoms with van der Waals surface area (Å²) in [6, 6.07) is 17.3. The number of carbonyl (C=O) groups is 3. The molecule has 1 aliphatic carbocycles. The average molecular weight is 667 g/mol. The Morgan fingerprint density at radius 2 is 1.70 bits per heavy atom. The standard InChI is InChI=1S/C34H42N4O8S/c1-22-28(35-31(40)45-23(2)24-9-7-6-8-10-24)29(46-37-22)25-15-19-38(20-16-25)27-13-11-26(12-14-27)34(17-18-34)36-32(41)47(42,43)21-33(3,4)30(39)44-5/h6-14,23,25H,15-21H2,1-5H3,(H,35,40)(H,36,41)/t23-/m1/s1. The molecule has 1 aromatic heterocycles. The highest BCUT2D eigenvalue weighted by Crippen LogP contribution is 2.46. The molecule has 1 saturated carbocycles. The number of aromatic nitrogens is 1. The number of rotatable bonds is 10. The van der Waals surface area contributed by atoms with Gasteiger partial charge in [0.05, 0.1) is 23.8 Å². The number of anilines is 2. The minimum atomic E-state index is -4.25. The van der Waals surface area contributed by atoms with Crippen LogP contribution >= 0.6 is 0 Å². The molecular formula is C34H42N4O8S. The topological polar surface area (TPSA) is 157 Å². The summed E-state index contributed by atoms with van der Waals surface area (Å²) >= 11 is 0. The predicted octanol–water partition coefficient (Wildman–Crippen LogP) is 5.99. The number of benzene rings is 2. The summed E-state index contributed by atoms with van der Waals surface area (Å²) in [6.45, 7) is 7.97. The van der Waals surface area contributed by atoms with E-state index in [1.165, 1.54) is 21.0 Å². The largest absolute Gasteiger partial charge is 0.469 e. The number of sulfone groups is 1. The van der Waals surface area contributed by atoms with Gasteiger partial charge in [-0.3, -0.25) is 14.9 Å². The fraction of sp³-hybridized carbons (Fsp3) is 0.471. The van der Waals surface area contributed by atoms with Gasteiger partial charge in [-0.1, -0.05) is 47.6 Å². The van der Waals surface area contributed by atoms with Crippen molar-refractivity contribution < 1.29 is 36.8 Å². The van der Waals surface area contributed by atoms with Crippen molar-refractivity contribution in [1.82, 2.24) is 10.5 Å². The van der Waals surface area contributed by atoms with Gasteiger partial charge in [0.15, 0.2) is 5.76 Å². The third-order valence-corrected chi connectivity index (χ3v) is 10.8. The van der Waals surface area contributed by atoms with Crippen LogP contribution in [-0.4, -0.2) is 56.8 Å². The molecule has 2 aromatic carbocycles. The van der Waals surface area contributed by atoms with Crippen LogP contribution in [0, 0.1) is 12.3 Å². The zero-order valence-corrected chi connectivity index (χ0v) is 28.2. The Balaban J connectivity index is 1.17. The van der Waals surface area contributed by atoms with Gasteiger partial charge in [0.25, 0.3) is 0 Å². The van der Waals surface area contributed by atoms with E-state index in [4.69, 9.17) is 14.0 Å². The van der Waals surface area contributed by atoms with Crippen molar-refractivity contribution in [3.8, 4) is 0 Å². The summed E-state index contributed by atoms with van der Waals surface area (Å²) in [5.74, 6) is -0.647. The van der Waals surface area contributed by atoms with Crippen LogP contribution < -0.4 is 15.5 Å². The second-order valence-electron chi connectivity index (χ2n) is 13.0. The van der Waals surface area contributed by atoms with Crippen molar-refractivity contribution in [2.75, 3.05) is 36.2 Å². The number of carbonyl (C=O) groups excluding carboxylic acids is 3. The molecule has 1 atom stereocenters. The molecule has 5 rings (SSSR count). The molecule has 2 amide bonds. The molecule has 0 radical (unpaired) electrons. The lowest BCUT2D eigenvalue weighted by atomic mass is 9.92. The Hall–Kier alpha value is -4.39. The predicted molar refractivity (Wildman–Crippen MR) is 176 cm³/mol. The molecule has 2 heterocycles. The van der Waals surface area contributed by atoms with Gasteiger partial charge in [0.1, 0.15) is 17.5 Å². The maximum Gasteiger partial charge on any atom is 0.412 e. The van der Waals surface area contributed by atoms with Gasteiger partial charge in [0.2, 0.25) is 9.84 Å². The number of aryl methyl sites for hydroxylation is 1. The summed E-state index contributed by atoms with van der Waals surface area (Å²) < 4.78 is 41.6. The van der Waals surface area contributed by atoms with Crippen LogP contribution in [-0.2, 0) is 29.6 Å². The maximum atomic E-state index is 12.8. The second kappa shape index (κ2) is 13.4. The number of nitrogens with zero attached hydrogens (tertiary/aromatic N) is 2. The zero-order valence-electron chi connectivity index (χ0n) is 27.4. The number of hydrogen-bond acceptors (Lipinski definition) is 10. The zero-order chi connectivity index (χ0) is 34.0. The summed E-state index contributed by atoms with van der Waals surface area (Å²) in [7, 11) is -3.07. The number of ether oxygens (including phenoxy) is 2. The van der Waals surface area contributed by atoms with E-state index in [1.807, 2.05) is 61.5 Å². The normalized spacial score (nSPS) is 17.0. The Morgan fingerprint density at radius 1 is 1.06 bits per heavy atom. The van der Waals surface area contributed by atoms with Crippen molar-refractivity contribution in [3.63, 3.8) is 0 Å². The summed E-state index contributed by atoms with van der Waals surface area (Å²) in [4.78, 5) is 39.8. The fourth-order valence-electron chi connectivity index (χ4n) is 6.05. The number of nitrogens with one attached hydrogen (secondary N) is 2. The Labute approximate surface area is 275 Å². The van der Waals surface area contributed by atoms with Crippen LogP contribution in [0.25, 0.3) is 0 Å². The Morgan fingerprint density at radius 3 is 2.30 bits per heavy atom. The molecule has 252 valence electrons. The highest BCUT2D eigenvalue weighted by atomic mass is 32.2. The third-order valence-electron chi connectivity index (χ3n) is 8.98. The highest BCUT2D eigenvalue weighted by molar-refractivity contribution is 8.06. The van der Waals surface area contributed by atoms with E-state index in [0.29, 0.717) is 30.0 Å². The maximum absolute atomic E-state index is 12.8. The van der Waals surface area contributed by atoms with Crippen LogP contribution in [0.15, 0.2) is 59.1 Å². The Bertz CT molecular complexity index is 1710. The van der Waals surface area contributed by atoms with Crippen LogP contribution in [0.3, 0.4) is 0 Å². The van der Waals surface area contributed by atoms with E-state index in [9.17, 15) is 22.8 Å². The molecule has 2 N–H and O–H groups in total. The molecule has 3 aromatic rings. The number of methoxy groups -OCH3 is 1. The van der Waals surface area contributed by atoms with E-state index in [-0.39, 0.29) is 5.92 Å². The minimum absolute atomic E-state index is 0.0598. The number of esters is 1. The molecule has 47 heavy (non-hydrogen) atoms. The van der Waals surface area contributed by atoms with Crippen molar-refractivity contribution in [3.05, 3.63) is 77.2 Å². The second-order valence-corrected chi connectivity index (χ2v) is 14.9. The summed E-state index contributed by atoms with van der Waals surface area (Å²) in [5, 5.41) is 8.59. The van der Waals surface area contributed by atoms with Crippen LogP contribution in [0.4, 0.5) is 21.0 Å². The lowest BCUT2D eigenvalue weighted by Crippen LogP contribution is -2.43. The number of amides is 2. The third kappa shape index (κ3) is 7.61. The molecule has 13 heteroatoms. The van der Waals surface area contributed by atoms with Crippen molar-refractivity contribution in [1.29, 1.82) is 0 Å². The molecule has 0 spiro atoms. The van der Waals surface area contributed by atoms with E-state index < -0.39 is 49.9 Å². The molecule has 1 saturated heterocycles. The molecule has 0 bridgehead atoms. The summed E-state index contributed by atoms with van der Waals surface area (Å²) in [6.07, 6.45) is 1.80. The van der Waals surface area contributed by atoms with E-state index in [2.05, 4.69) is 20.7 Å². The monoisotopic (exact) mass is 666 g/mol. The first-order valence-corrected chi connectivity index (χ1v) is 17.4. The number of hydrogen-bond donors (Lipinski definition) is 2. The van der Waals surface area contributed by atoms with Crippen molar-refractivity contribution in [2.45, 2.75) is 70.9 Å². The van der Waals surface area contributed by atoms with Crippen LogP contribution in [0.5, 0.6) is 0 Å². The molecule has 2 aliphatic rings. The van der Waals surface area contributed by atoms with Crippen LogP contribution in [0.1, 0.15) is 81.1 Å². The first kappa shape index (κ1) is 34.0. The Kier molecular flexibility index (Phi) is 9.67.